The molecule has 0 aliphatic heterocycles. The molecule has 0 spiro atoms. The highest BCUT2D eigenvalue weighted by molar-refractivity contribution is 5.96. The number of aryl methyl sites for hydroxylation is 2. The average molecular weight is 238 g/mol. The van der Waals surface area contributed by atoms with E-state index >= 15 is 0 Å². The van der Waals surface area contributed by atoms with Gasteiger partial charge in [-0.15, -0.1) is 0 Å². The number of hydrogen-bond acceptors (Lipinski definition) is 4. The number of aliphatic hydroxyl groups excluding tert-OH is 1. The van der Waals surface area contributed by atoms with Crippen LogP contribution in [0, 0.1) is 13.8 Å². The Morgan fingerprint density at radius 3 is 2.71 bits per heavy atom. The Hall–Kier alpha value is -1.59. The van der Waals surface area contributed by atoms with Crippen molar-refractivity contribution in [3.8, 4) is 5.75 Å². The summed E-state index contributed by atoms with van der Waals surface area (Å²) < 4.78 is 5.23. The molecule has 94 valence electrons. The topological polar surface area (TPSA) is 84.6 Å². The van der Waals surface area contributed by atoms with E-state index < -0.39 is 11.9 Å². The van der Waals surface area contributed by atoms with Crippen LogP contribution in [0.25, 0.3) is 0 Å². The second kappa shape index (κ2) is 5.65. The van der Waals surface area contributed by atoms with E-state index in [1.165, 1.54) is 0 Å². The van der Waals surface area contributed by atoms with E-state index in [0.717, 1.165) is 11.1 Å². The number of benzene rings is 1. The fraction of sp³-hybridized carbons (Fsp3) is 0.417. The van der Waals surface area contributed by atoms with Crippen molar-refractivity contribution in [2.24, 2.45) is 5.73 Å². The molecule has 0 fully saturated rings. The second-order valence-corrected chi connectivity index (χ2v) is 3.94. The molecule has 0 heterocycles. The van der Waals surface area contributed by atoms with Crippen molar-refractivity contribution in [3.63, 3.8) is 0 Å². The zero-order valence-electron chi connectivity index (χ0n) is 10.3. The maximum atomic E-state index is 11.6. The van der Waals surface area contributed by atoms with Crippen molar-refractivity contribution in [3.05, 3.63) is 23.3 Å². The Bertz CT molecular complexity index is 418. The Balaban J connectivity index is 3.01. The summed E-state index contributed by atoms with van der Waals surface area (Å²) in [5, 5.41) is 11.4. The van der Waals surface area contributed by atoms with Gasteiger partial charge >= 0.3 is 0 Å². The number of amides is 1. The van der Waals surface area contributed by atoms with Crippen LogP contribution in [0.4, 0.5) is 5.69 Å². The molecule has 4 N–H and O–H groups in total. The molecule has 1 amide bonds. The van der Waals surface area contributed by atoms with Crippen LogP contribution in [0.1, 0.15) is 11.1 Å². The van der Waals surface area contributed by atoms with Crippen molar-refractivity contribution in [1.29, 1.82) is 0 Å². The minimum atomic E-state index is -0.930. The van der Waals surface area contributed by atoms with Crippen molar-refractivity contribution in [2.45, 2.75) is 19.9 Å². The molecule has 1 aromatic rings. The van der Waals surface area contributed by atoms with E-state index in [4.69, 9.17) is 15.6 Å². The van der Waals surface area contributed by atoms with Gasteiger partial charge in [-0.3, -0.25) is 4.79 Å². The molecule has 1 atom stereocenters. The Labute approximate surface area is 101 Å². The highest BCUT2D eigenvalue weighted by Crippen LogP contribution is 2.29. The van der Waals surface area contributed by atoms with Gasteiger partial charge in [0.2, 0.25) is 5.91 Å². The smallest absolute Gasteiger partial charge is 0.243 e. The lowest BCUT2D eigenvalue weighted by Gasteiger charge is -2.15. The first-order chi connectivity index (χ1) is 7.99. The van der Waals surface area contributed by atoms with Gasteiger partial charge in [-0.2, -0.15) is 0 Å². The molecule has 0 aliphatic carbocycles. The molecular weight excluding hydrogens is 220 g/mol. The summed E-state index contributed by atoms with van der Waals surface area (Å²) in [6, 6.07) is 2.83. The molecule has 17 heavy (non-hydrogen) atoms. The third-order valence-electron chi connectivity index (χ3n) is 2.41. The van der Waals surface area contributed by atoms with E-state index in [9.17, 15) is 4.79 Å². The predicted molar refractivity (Wildman–Crippen MR) is 66.2 cm³/mol. The van der Waals surface area contributed by atoms with Gasteiger partial charge in [-0.05, 0) is 31.0 Å². The van der Waals surface area contributed by atoms with Gasteiger partial charge in [-0.1, -0.05) is 6.07 Å². The van der Waals surface area contributed by atoms with E-state index in [-0.39, 0.29) is 6.61 Å². The highest BCUT2D eigenvalue weighted by atomic mass is 16.5. The number of hydrogen-bond donors (Lipinski definition) is 3. The lowest BCUT2D eigenvalue weighted by atomic mass is 10.1. The summed E-state index contributed by atoms with van der Waals surface area (Å²) in [4.78, 5) is 11.6. The first-order valence-electron chi connectivity index (χ1n) is 5.32. The molecule has 0 saturated heterocycles. The summed E-state index contributed by atoms with van der Waals surface area (Å²) in [5.41, 5.74) is 7.94. The number of carbonyl (C=O) groups excluding carboxylic acids is 1. The number of ether oxygens (including phenoxy) is 1. The van der Waals surface area contributed by atoms with E-state index in [1.807, 2.05) is 19.9 Å². The van der Waals surface area contributed by atoms with Gasteiger partial charge in [-0.25, -0.2) is 0 Å². The van der Waals surface area contributed by atoms with Crippen LogP contribution in [-0.2, 0) is 4.79 Å². The summed E-state index contributed by atoms with van der Waals surface area (Å²) >= 11 is 0. The van der Waals surface area contributed by atoms with Crippen molar-refractivity contribution in [2.75, 3.05) is 19.0 Å². The predicted octanol–water partition coefficient (Wildman–Crippen LogP) is 0.570. The molecule has 0 bridgehead atoms. The van der Waals surface area contributed by atoms with Crippen LogP contribution >= 0.6 is 0 Å². The van der Waals surface area contributed by atoms with Gasteiger partial charge in [0.25, 0.3) is 0 Å². The van der Waals surface area contributed by atoms with E-state index in [2.05, 4.69) is 5.32 Å². The number of nitrogens with one attached hydrogen (secondary N) is 1. The molecule has 1 aromatic carbocycles. The molecule has 0 saturated carbocycles. The van der Waals surface area contributed by atoms with E-state index in [1.54, 1.807) is 13.2 Å². The average Bonchev–Trinajstić information content (AvgIpc) is 2.27. The molecular formula is C12H18N2O3. The standard InChI is InChI=1S/C12H18N2O3/c1-7-4-8(2)11(17-3)10(5-7)14-12(16)9(13)6-15/h4-5,9,15H,6,13H2,1-3H3,(H,14,16). The molecule has 5 heteroatoms. The third-order valence-corrected chi connectivity index (χ3v) is 2.41. The van der Waals surface area contributed by atoms with E-state index in [0.29, 0.717) is 11.4 Å². The molecule has 5 nitrogen and oxygen atoms in total. The van der Waals surface area contributed by atoms with Gasteiger partial charge < -0.3 is 20.9 Å². The monoisotopic (exact) mass is 238 g/mol. The first-order valence-corrected chi connectivity index (χ1v) is 5.32. The summed E-state index contributed by atoms with van der Waals surface area (Å²) in [6.45, 7) is 3.43. The van der Waals surface area contributed by atoms with Gasteiger partial charge in [0.15, 0.2) is 0 Å². The first kappa shape index (κ1) is 13.5. The normalized spacial score (nSPS) is 12.1. The van der Waals surface area contributed by atoms with Crippen molar-refractivity contribution < 1.29 is 14.6 Å². The molecule has 0 aliphatic rings. The van der Waals surface area contributed by atoms with Crippen molar-refractivity contribution in [1.82, 2.24) is 0 Å². The minimum absolute atomic E-state index is 0.390. The SMILES string of the molecule is COc1c(C)cc(C)cc1NC(=O)C(N)CO. The number of anilines is 1. The van der Waals surface area contributed by atoms with Crippen LogP contribution in [0.5, 0.6) is 5.75 Å². The quantitative estimate of drug-likeness (QED) is 0.716. The zero-order chi connectivity index (χ0) is 13.0. The molecule has 1 rings (SSSR count). The lowest BCUT2D eigenvalue weighted by Crippen LogP contribution is -2.38. The van der Waals surface area contributed by atoms with Crippen LogP contribution < -0.4 is 15.8 Å². The summed E-state index contributed by atoms with van der Waals surface area (Å²) in [6.07, 6.45) is 0. The number of methoxy groups -OCH3 is 1. The largest absolute Gasteiger partial charge is 0.494 e. The zero-order valence-corrected chi connectivity index (χ0v) is 10.3. The van der Waals surface area contributed by atoms with Crippen LogP contribution in [0.15, 0.2) is 12.1 Å². The molecule has 0 aromatic heterocycles. The molecule has 1 unspecified atom stereocenters. The molecule has 0 radical (unpaired) electrons. The highest BCUT2D eigenvalue weighted by Gasteiger charge is 2.15. The van der Waals surface area contributed by atoms with Crippen LogP contribution in [0.3, 0.4) is 0 Å². The third kappa shape index (κ3) is 3.18. The number of rotatable bonds is 4. The maximum Gasteiger partial charge on any atom is 0.243 e. The van der Waals surface area contributed by atoms with Gasteiger partial charge in [0.1, 0.15) is 11.8 Å². The number of nitrogens with two attached hydrogens (primary N) is 1. The summed E-state index contributed by atoms with van der Waals surface area (Å²) in [7, 11) is 1.54. The second-order valence-electron chi connectivity index (χ2n) is 3.94. The van der Waals surface area contributed by atoms with Crippen LogP contribution in [0.2, 0.25) is 0 Å². The fourth-order valence-corrected chi connectivity index (χ4v) is 1.63. The van der Waals surface area contributed by atoms with Gasteiger partial charge in [0, 0.05) is 0 Å². The van der Waals surface area contributed by atoms with Crippen LogP contribution in [-0.4, -0.2) is 30.8 Å². The fourth-order valence-electron chi connectivity index (χ4n) is 1.63. The van der Waals surface area contributed by atoms with Crippen molar-refractivity contribution >= 4 is 11.6 Å². The maximum absolute atomic E-state index is 11.6. The Kier molecular flexibility index (Phi) is 4.48. The Morgan fingerprint density at radius 1 is 1.53 bits per heavy atom. The number of carbonyl (C=O) groups is 1. The minimum Gasteiger partial charge on any atom is -0.494 e. The lowest BCUT2D eigenvalue weighted by molar-refractivity contribution is -0.118. The van der Waals surface area contributed by atoms with Gasteiger partial charge in [0.05, 0.1) is 19.4 Å². The number of aliphatic hydroxyl groups is 1. The Morgan fingerprint density at radius 2 is 2.18 bits per heavy atom. The summed E-state index contributed by atoms with van der Waals surface area (Å²) in [5.74, 6) is 0.171.